The van der Waals surface area contributed by atoms with Gasteiger partial charge in [0.05, 0.1) is 0 Å². The van der Waals surface area contributed by atoms with Crippen LogP contribution in [-0.2, 0) is 6.42 Å². The molecule has 0 bridgehead atoms. The van der Waals surface area contributed by atoms with Crippen molar-refractivity contribution in [3.8, 4) is 0 Å². The van der Waals surface area contributed by atoms with Crippen molar-refractivity contribution in [2.24, 2.45) is 0 Å². The van der Waals surface area contributed by atoms with Crippen LogP contribution in [0.25, 0.3) is 0 Å². The molecule has 0 spiro atoms. The molecule has 0 saturated heterocycles. The highest BCUT2D eigenvalue weighted by atomic mass is 16.1. The summed E-state index contributed by atoms with van der Waals surface area (Å²) in [6, 6.07) is 9.17. The van der Waals surface area contributed by atoms with Crippen molar-refractivity contribution in [2.45, 2.75) is 6.42 Å². The molecule has 1 amide bonds. The molecule has 0 saturated carbocycles. The van der Waals surface area contributed by atoms with Crippen LogP contribution in [0.15, 0.2) is 49.1 Å². The third kappa shape index (κ3) is 3.38. The number of hydrogen-bond acceptors (Lipinski definition) is 3. The van der Waals surface area contributed by atoms with Gasteiger partial charge in [-0.25, -0.2) is 9.97 Å². The number of carbonyl (C=O) groups is 1. The van der Waals surface area contributed by atoms with Gasteiger partial charge in [-0.15, -0.1) is 0 Å². The molecule has 0 atom stereocenters. The monoisotopic (exact) mass is 227 g/mol. The molecule has 0 fully saturated rings. The standard InChI is InChI=1S/C13H13N3O/c17-13(12-4-2-1-3-5-12)16-7-6-11-8-14-10-15-9-11/h1-5,8-10H,6-7H2,(H,16,17). The lowest BCUT2D eigenvalue weighted by Gasteiger charge is -2.04. The van der Waals surface area contributed by atoms with E-state index >= 15 is 0 Å². The third-order valence-corrected chi connectivity index (χ3v) is 2.35. The Bertz CT molecular complexity index is 471. The van der Waals surface area contributed by atoms with E-state index in [1.54, 1.807) is 24.5 Å². The molecule has 4 nitrogen and oxygen atoms in total. The number of nitrogens with one attached hydrogen (secondary N) is 1. The Balaban J connectivity index is 1.82. The van der Waals surface area contributed by atoms with E-state index in [0.717, 1.165) is 12.0 Å². The minimum Gasteiger partial charge on any atom is -0.352 e. The van der Waals surface area contributed by atoms with Crippen LogP contribution in [0.4, 0.5) is 0 Å². The number of nitrogens with zero attached hydrogens (tertiary/aromatic N) is 2. The van der Waals surface area contributed by atoms with Gasteiger partial charge in [0.2, 0.25) is 0 Å². The van der Waals surface area contributed by atoms with Crippen molar-refractivity contribution in [1.82, 2.24) is 15.3 Å². The summed E-state index contributed by atoms with van der Waals surface area (Å²) < 4.78 is 0. The molecular formula is C13H13N3O. The molecule has 1 aromatic carbocycles. The Morgan fingerprint density at radius 2 is 1.82 bits per heavy atom. The molecular weight excluding hydrogens is 214 g/mol. The van der Waals surface area contributed by atoms with Crippen molar-refractivity contribution in [2.75, 3.05) is 6.54 Å². The van der Waals surface area contributed by atoms with Crippen molar-refractivity contribution >= 4 is 5.91 Å². The van der Waals surface area contributed by atoms with E-state index in [9.17, 15) is 4.79 Å². The zero-order valence-electron chi connectivity index (χ0n) is 9.34. The Morgan fingerprint density at radius 3 is 2.53 bits per heavy atom. The second-order valence-corrected chi connectivity index (χ2v) is 3.62. The van der Waals surface area contributed by atoms with Gasteiger partial charge < -0.3 is 5.32 Å². The average Bonchev–Trinajstić information content (AvgIpc) is 2.41. The van der Waals surface area contributed by atoms with Gasteiger partial charge in [-0.1, -0.05) is 18.2 Å². The van der Waals surface area contributed by atoms with Gasteiger partial charge in [-0.05, 0) is 24.1 Å². The van der Waals surface area contributed by atoms with Crippen LogP contribution in [0.2, 0.25) is 0 Å². The lowest BCUT2D eigenvalue weighted by atomic mass is 10.2. The fourth-order valence-corrected chi connectivity index (χ4v) is 1.47. The molecule has 0 aliphatic rings. The Labute approximate surface area is 99.7 Å². The third-order valence-electron chi connectivity index (χ3n) is 2.35. The van der Waals surface area contributed by atoms with Crippen molar-refractivity contribution < 1.29 is 4.79 Å². The van der Waals surface area contributed by atoms with Crippen molar-refractivity contribution in [1.29, 1.82) is 0 Å². The fourth-order valence-electron chi connectivity index (χ4n) is 1.47. The van der Waals surface area contributed by atoms with E-state index in [1.165, 1.54) is 6.33 Å². The highest BCUT2D eigenvalue weighted by molar-refractivity contribution is 5.94. The van der Waals surface area contributed by atoms with Crippen LogP contribution in [0, 0.1) is 0 Å². The van der Waals surface area contributed by atoms with Crippen molar-refractivity contribution in [3.05, 3.63) is 60.2 Å². The molecule has 2 rings (SSSR count). The van der Waals surface area contributed by atoms with E-state index < -0.39 is 0 Å². The number of hydrogen-bond donors (Lipinski definition) is 1. The molecule has 17 heavy (non-hydrogen) atoms. The van der Waals surface area contributed by atoms with Crippen LogP contribution in [-0.4, -0.2) is 22.4 Å². The molecule has 0 radical (unpaired) electrons. The van der Waals surface area contributed by atoms with Gasteiger partial charge >= 0.3 is 0 Å². The zero-order chi connectivity index (χ0) is 11.9. The molecule has 86 valence electrons. The fraction of sp³-hybridized carbons (Fsp3) is 0.154. The number of carbonyl (C=O) groups excluding carboxylic acids is 1. The lowest BCUT2D eigenvalue weighted by molar-refractivity contribution is 0.0954. The molecule has 1 N–H and O–H groups in total. The van der Waals surface area contributed by atoms with E-state index in [1.807, 2.05) is 18.2 Å². The molecule has 0 aliphatic heterocycles. The second kappa shape index (κ2) is 5.75. The van der Waals surface area contributed by atoms with Crippen molar-refractivity contribution in [3.63, 3.8) is 0 Å². The maximum Gasteiger partial charge on any atom is 0.251 e. The summed E-state index contributed by atoms with van der Waals surface area (Å²) in [5, 5.41) is 2.85. The Kier molecular flexibility index (Phi) is 3.81. The summed E-state index contributed by atoms with van der Waals surface area (Å²) in [5.41, 5.74) is 1.69. The van der Waals surface area contributed by atoms with E-state index in [4.69, 9.17) is 0 Å². The summed E-state index contributed by atoms with van der Waals surface area (Å²) in [5.74, 6) is -0.0533. The van der Waals surface area contributed by atoms with Crippen LogP contribution in [0.5, 0.6) is 0 Å². The number of amides is 1. The van der Waals surface area contributed by atoms with E-state index in [0.29, 0.717) is 12.1 Å². The predicted octanol–water partition coefficient (Wildman–Crippen LogP) is 1.45. The summed E-state index contributed by atoms with van der Waals surface area (Å²) in [4.78, 5) is 19.5. The maximum atomic E-state index is 11.7. The van der Waals surface area contributed by atoms with E-state index in [-0.39, 0.29) is 5.91 Å². The molecule has 4 heteroatoms. The summed E-state index contributed by atoms with van der Waals surface area (Å²) in [7, 11) is 0. The number of rotatable bonds is 4. The maximum absolute atomic E-state index is 11.7. The molecule has 0 unspecified atom stereocenters. The Hall–Kier alpha value is -2.23. The first-order valence-corrected chi connectivity index (χ1v) is 5.43. The average molecular weight is 227 g/mol. The quantitative estimate of drug-likeness (QED) is 0.860. The van der Waals surface area contributed by atoms with Crippen LogP contribution in [0.1, 0.15) is 15.9 Å². The molecule has 0 aliphatic carbocycles. The Morgan fingerprint density at radius 1 is 1.12 bits per heavy atom. The zero-order valence-corrected chi connectivity index (χ0v) is 9.34. The van der Waals surface area contributed by atoms with Gasteiger partial charge in [0.25, 0.3) is 5.91 Å². The number of benzene rings is 1. The first-order chi connectivity index (χ1) is 8.36. The van der Waals surface area contributed by atoms with E-state index in [2.05, 4.69) is 15.3 Å². The first kappa shape index (κ1) is 11.3. The van der Waals surface area contributed by atoms with Gasteiger partial charge in [-0.3, -0.25) is 4.79 Å². The highest BCUT2D eigenvalue weighted by Gasteiger charge is 2.02. The van der Waals surface area contributed by atoms with Crippen LogP contribution >= 0.6 is 0 Å². The largest absolute Gasteiger partial charge is 0.352 e. The van der Waals surface area contributed by atoms with Gasteiger partial charge in [-0.2, -0.15) is 0 Å². The normalized spacial score (nSPS) is 9.88. The van der Waals surface area contributed by atoms with Crippen LogP contribution < -0.4 is 5.32 Å². The molecule has 1 aromatic heterocycles. The summed E-state index contributed by atoms with van der Waals surface area (Å²) in [6.45, 7) is 0.584. The lowest BCUT2D eigenvalue weighted by Crippen LogP contribution is -2.25. The first-order valence-electron chi connectivity index (χ1n) is 5.43. The summed E-state index contributed by atoms with van der Waals surface area (Å²) in [6.07, 6.45) is 5.73. The van der Waals surface area contributed by atoms with Gasteiger partial charge in [0.1, 0.15) is 6.33 Å². The molecule has 2 aromatic rings. The second-order valence-electron chi connectivity index (χ2n) is 3.62. The highest BCUT2D eigenvalue weighted by Crippen LogP contribution is 1.98. The molecule has 1 heterocycles. The van der Waals surface area contributed by atoms with Crippen LogP contribution in [0.3, 0.4) is 0 Å². The summed E-state index contributed by atoms with van der Waals surface area (Å²) >= 11 is 0. The number of aromatic nitrogens is 2. The SMILES string of the molecule is O=C(NCCc1cncnc1)c1ccccc1. The smallest absolute Gasteiger partial charge is 0.251 e. The van der Waals surface area contributed by atoms with Gasteiger partial charge in [0.15, 0.2) is 0 Å². The van der Waals surface area contributed by atoms with Gasteiger partial charge in [0, 0.05) is 24.5 Å². The minimum absolute atomic E-state index is 0.0533. The topological polar surface area (TPSA) is 54.9 Å². The minimum atomic E-state index is -0.0533. The predicted molar refractivity (Wildman–Crippen MR) is 64.5 cm³/mol.